The van der Waals surface area contributed by atoms with Gasteiger partial charge in [-0.25, -0.2) is 9.13 Å². The monoisotopic (exact) mass is 1210 g/mol. The fourth-order valence-electron chi connectivity index (χ4n) is 9.35. The van der Waals surface area contributed by atoms with Gasteiger partial charge in [0.25, 0.3) is 0 Å². The van der Waals surface area contributed by atoms with Gasteiger partial charge in [0.1, 0.15) is 19.3 Å². The van der Waals surface area contributed by atoms with Crippen LogP contribution in [0.3, 0.4) is 0 Å². The first kappa shape index (κ1) is 80.1. The Bertz CT molecular complexity index is 1620. The molecule has 0 fully saturated rings. The van der Waals surface area contributed by atoms with Crippen molar-refractivity contribution in [3.63, 3.8) is 0 Å². The second-order valence-electron chi connectivity index (χ2n) is 23.7. The van der Waals surface area contributed by atoms with E-state index in [1.807, 2.05) is 0 Å². The Morgan fingerprint density at radius 2 is 0.561 bits per heavy atom. The maximum atomic E-state index is 13.0. The van der Waals surface area contributed by atoms with Crippen LogP contribution < -0.4 is 0 Å². The maximum absolute atomic E-state index is 13.0. The normalized spacial score (nSPS) is 14.3. The molecule has 0 aromatic heterocycles. The van der Waals surface area contributed by atoms with Crippen LogP contribution in [0.2, 0.25) is 0 Å². The van der Waals surface area contributed by atoms with Crippen LogP contribution in [0.15, 0.2) is 0 Å². The van der Waals surface area contributed by atoms with Gasteiger partial charge in [0.2, 0.25) is 0 Å². The molecular weight excluding hydrogens is 1090 g/mol. The third-order valence-electron chi connectivity index (χ3n) is 14.5. The van der Waals surface area contributed by atoms with Crippen molar-refractivity contribution in [1.29, 1.82) is 0 Å². The van der Waals surface area contributed by atoms with Gasteiger partial charge in [0, 0.05) is 25.7 Å². The number of aliphatic hydroxyl groups is 1. The average Bonchev–Trinajstić information content (AvgIpc) is 3.43. The zero-order chi connectivity index (χ0) is 60.8. The lowest BCUT2D eigenvalue weighted by Crippen LogP contribution is -2.30. The van der Waals surface area contributed by atoms with E-state index in [1.54, 1.807) is 0 Å². The van der Waals surface area contributed by atoms with Crippen molar-refractivity contribution in [3.8, 4) is 0 Å². The van der Waals surface area contributed by atoms with E-state index >= 15 is 0 Å². The number of phosphoric acid groups is 2. The quantitative estimate of drug-likeness (QED) is 0.0222. The molecule has 0 aromatic carbocycles. The average molecular weight is 1210 g/mol. The second kappa shape index (κ2) is 55.6. The summed E-state index contributed by atoms with van der Waals surface area (Å²) >= 11 is 0. The lowest BCUT2D eigenvalue weighted by Gasteiger charge is -2.21. The molecule has 0 saturated heterocycles. The summed E-state index contributed by atoms with van der Waals surface area (Å²) in [5.74, 6) is -0.657. The highest BCUT2D eigenvalue weighted by Crippen LogP contribution is 2.45. The Balaban J connectivity index is 5.23. The van der Waals surface area contributed by atoms with Crippen LogP contribution in [0, 0.1) is 11.8 Å². The van der Waals surface area contributed by atoms with Gasteiger partial charge < -0.3 is 33.8 Å². The van der Waals surface area contributed by atoms with E-state index in [0.717, 1.165) is 108 Å². The van der Waals surface area contributed by atoms with Crippen LogP contribution in [-0.4, -0.2) is 96.7 Å². The smallest absolute Gasteiger partial charge is 0.462 e. The third kappa shape index (κ3) is 57.2. The van der Waals surface area contributed by atoms with Gasteiger partial charge in [-0.05, 0) is 37.5 Å². The van der Waals surface area contributed by atoms with Gasteiger partial charge in [-0.2, -0.15) is 0 Å². The zero-order valence-electron chi connectivity index (χ0n) is 52.8. The SMILES string of the molecule is CCCCCCCCCCCCC(=O)O[C@H](COC(=O)CCCCCCCCCC)COP(=O)(O)OC[C@H](O)COP(=O)(O)OC[C@@H](COC(=O)CCCCCCCCCCCC(C)C)OC(=O)CCCCCCCCCCCC(C)C. The molecule has 5 atom stereocenters. The van der Waals surface area contributed by atoms with Gasteiger partial charge >= 0.3 is 39.5 Å². The van der Waals surface area contributed by atoms with E-state index in [9.17, 15) is 43.2 Å². The first-order valence-corrected chi connectivity index (χ1v) is 36.0. The Morgan fingerprint density at radius 3 is 0.829 bits per heavy atom. The zero-order valence-corrected chi connectivity index (χ0v) is 54.6. The van der Waals surface area contributed by atoms with E-state index in [4.69, 9.17) is 37.0 Å². The molecule has 0 heterocycles. The van der Waals surface area contributed by atoms with Gasteiger partial charge in [0.15, 0.2) is 12.2 Å². The third-order valence-corrected chi connectivity index (χ3v) is 16.4. The standard InChI is InChI=1S/C63H122O17P2/c1-7-9-11-13-15-17-22-29-35-41-47-62(67)79-58(51-73-60(65)45-39-33-27-16-14-12-10-8-2)53-77-81(69,70)75-49-57(64)50-76-82(71,72)78-54-59(80-63(68)48-42-36-30-24-19-21-26-32-38-44-56(5)6)52-74-61(66)46-40-34-28-23-18-20-25-31-37-43-55(3)4/h55-59,64H,7-54H2,1-6H3,(H,69,70)(H,71,72)/t57-,58+,59+/m0/s1. The number of rotatable bonds is 62. The minimum absolute atomic E-state index is 0.105. The van der Waals surface area contributed by atoms with E-state index in [2.05, 4.69) is 41.5 Å². The molecule has 0 spiro atoms. The van der Waals surface area contributed by atoms with Crippen LogP contribution in [0.5, 0.6) is 0 Å². The minimum Gasteiger partial charge on any atom is -0.462 e. The van der Waals surface area contributed by atoms with Gasteiger partial charge in [-0.15, -0.1) is 0 Å². The summed E-state index contributed by atoms with van der Waals surface area (Å²) in [4.78, 5) is 72.1. The number of phosphoric ester groups is 2. The predicted octanol–water partition coefficient (Wildman–Crippen LogP) is 17.3. The molecule has 19 heteroatoms. The highest BCUT2D eigenvalue weighted by molar-refractivity contribution is 7.47. The fraction of sp³-hybridized carbons (Fsp3) is 0.937. The summed E-state index contributed by atoms with van der Waals surface area (Å²) in [5, 5.41) is 10.5. The van der Waals surface area contributed by atoms with Crippen LogP contribution in [0.4, 0.5) is 0 Å². The topological polar surface area (TPSA) is 237 Å². The number of hydrogen-bond donors (Lipinski definition) is 3. The van der Waals surface area contributed by atoms with Crippen molar-refractivity contribution < 1.29 is 80.2 Å². The predicted molar refractivity (Wildman–Crippen MR) is 326 cm³/mol. The highest BCUT2D eigenvalue weighted by Gasteiger charge is 2.30. The second-order valence-corrected chi connectivity index (χ2v) is 26.7. The molecule has 0 aromatic rings. The van der Waals surface area contributed by atoms with Gasteiger partial charge in [-0.1, -0.05) is 260 Å². The molecule has 486 valence electrons. The summed E-state index contributed by atoms with van der Waals surface area (Å²) in [6, 6.07) is 0. The van der Waals surface area contributed by atoms with Crippen LogP contribution in [0.1, 0.15) is 311 Å². The van der Waals surface area contributed by atoms with Crippen molar-refractivity contribution in [1.82, 2.24) is 0 Å². The largest absolute Gasteiger partial charge is 0.472 e. The fourth-order valence-corrected chi connectivity index (χ4v) is 10.9. The van der Waals surface area contributed by atoms with Crippen molar-refractivity contribution in [2.45, 2.75) is 330 Å². The Kier molecular flexibility index (Phi) is 54.3. The molecule has 82 heavy (non-hydrogen) atoms. The molecule has 0 radical (unpaired) electrons. The maximum Gasteiger partial charge on any atom is 0.472 e. The van der Waals surface area contributed by atoms with Gasteiger partial charge in [-0.3, -0.25) is 37.3 Å². The van der Waals surface area contributed by atoms with E-state index in [0.29, 0.717) is 25.7 Å². The highest BCUT2D eigenvalue weighted by atomic mass is 31.2. The number of hydrogen-bond acceptors (Lipinski definition) is 15. The van der Waals surface area contributed by atoms with E-state index in [-0.39, 0.29) is 25.7 Å². The lowest BCUT2D eigenvalue weighted by molar-refractivity contribution is -0.161. The Labute approximate surface area is 498 Å². The Morgan fingerprint density at radius 1 is 0.329 bits per heavy atom. The van der Waals surface area contributed by atoms with Crippen LogP contribution >= 0.6 is 15.6 Å². The molecule has 2 unspecified atom stereocenters. The lowest BCUT2D eigenvalue weighted by atomic mass is 10.0. The van der Waals surface area contributed by atoms with Crippen molar-refractivity contribution in [2.24, 2.45) is 11.8 Å². The first-order chi connectivity index (χ1) is 39.4. The molecule has 0 saturated carbocycles. The number of esters is 4. The van der Waals surface area contributed by atoms with Crippen LogP contribution in [-0.2, 0) is 65.4 Å². The number of aliphatic hydroxyl groups excluding tert-OH is 1. The molecule has 0 aliphatic carbocycles. The molecule has 0 aliphatic heterocycles. The van der Waals surface area contributed by atoms with E-state index < -0.39 is 97.5 Å². The minimum atomic E-state index is -4.94. The van der Waals surface area contributed by atoms with Crippen molar-refractivity contribution in [3.05, 3.63) is 0 Å². The number of unbranched alkanes of at least 4 members (excludes halogenated alkanes) is 32. The summed E-state index contributed by atoms with van der Waals surface area (Å²) in [6.45, 7) is 9.41. The molecule has 0 aliphatic rings. The summed E-state index contributed by atoms with van der Waals surface area (Å²) in [7, 11) is -9.88. The summed E-state index contributed by atoms with van der Waals surface area (Å²) < 4.78 is 67.9. The Hall–Kier alpha value is -1.94. The number of carbonyl (C=O) groups excluding carboxylic acids is 4. The van der Waals surface area contributed by atoms with Crippen molar-refractivity contribution in [2.75, 3.05) is 39.6 Å². The molecule has 0 amide bonds. The van der Waals surface area contributed by atoms with Gasteiger partial charge in [0.05, 0.1) is 26.4 Å². The van der Waals surface area contributed by atoms with Crippen molar-refractivity contribution >= 4 is 39.5 Å². The molecule has 0 rings (SSSR count). The molecule has 0 bridgehead atoms. The molecule has 17 nitrogen and oxygen atoms in total. The number of carbonyl (C=O) groups is 4. The number of ether oxygens (including phenoxy) is 4. The summed E-state index contributed by atoms with van der Waals surface area (Å²) in [5.41, 5.74) is 0. The first-order valence-electron chi connectivity index (χ1n) is 33.0. The van der Waals surface area contributed by atoms with Crippen LogP contribution in [0.25, 0.3) is 0 Å². The van der Waals surface area contributed by atoms with E-state index in [1.165, 1.54) is 122 Å². The molecule has 3 N–H and O–H groups in total. The summed E-state index contributed by atoms with van der Waals surface area (Å²) in [6.07, 6.45) is 37.6. The molecular formula is C63H122O17P2.